The molecule has 0 aliphatic carbocycles. The van der Waals surface area contributed by atoms with Crippen LogP contribution in [0.2, 0.25) is 0 Å². The minimum atomic E-state index is 0.879. The Labute approximate surface area is 124 Å². The van der Waals surface area contributed by atoms with E-state index in [1.165, 1.54) is 0 Å². The van der Waals surface area contributed by atoms with Gasteiger partial charge in [0.2, 0.25) is 0 Å². The lowest BCUT2D eigenvalue weighted by Crippen LogP contribution is -2.01. The molecule has 0 fully saturated rings. The van der Waals surface area contributed by atoms with E-state index in [9.17, 15) is 0 Å². The maximum atomic E-state index is 4.62. The maximum Gasteiger partial charge on any atom is 0.159 e. The fourth-order valence-electron chi connectivity index (χ4n) is 2.41. The second-order valence-corrected chi connectivity index (χ2v) is 5.01. The largest absolute Gasteiger partial charge is 0.371 e. The maximum absolute atomic E-state index is 4.62. The number of aryl methyl sites for hydroxylation is 1. The van der Waals surface area contributed by atoms with E-state index in [-0.39, 0.29) is 0 Å². The summed E-state index contributed by atoms with van der Waals surface area (Å²) in [5.74, 6) is 0.879. The molecule has 3 heterocycles. The van der Waals surface area contributed by atoms with Crippen LogP contribution in [0.3, 0.4) is 0 Å². The van der Waals surface area contributed by atoms with Crippen molar-refractivity contribution < 1.29 is 0 Å². The van der Waals surface area contributed by atoms with Crippen LogP contribution in [-0.2, 0) is 6.54 Å². The van der Waals surface area contributed by atoms with Gasteiger partial charge in [-0.3, -0.25) is 4.98 Å². The first-order valence-electron chi connectivity index (χ1n) is 7.28. The van der Waals surface area contributed by atoms with Crippen LogP contribution in [0.25, 0.3) is 22.2 Å². The number of hydrogen-bond donors (Lipinski definition) is 1. The summed E-state index contributed by atoms with van der Waals surface area (Å²) in [5, 5.41) is 8.83. The number of nitrogens with zero attached hydrogens (tertiary/aromatic N) is 4. The van der Waals surface area contributed by atoms with Gasteiger partial charge in [0.25, 0.3) is 0 Å². The molecule has 1 N–H and O–H groups in total. The van der Waals surface area contributed by atoms with E-state index in [4.69, 9.17) is 0 Å². The minimum Gasteiger partial charge on any atom is -0.371 e. The molecule has 3 rings (SSSR count). The van der Waals surface area contributed by atoms with E-state index in [2.05, 4.69) is 33.4 Å². The van der Waals surface area contributed by atoms with Crippen molar-refractivity contribution in [2.45, 2.75) is 26.3 Å². The fraction of sp³-hybridized carbons (Fsp3) is 0.312. The first kappa shape index (κ1) is 13.5. The molecule has 0 saturated heterocycles. The zero-order valence-corrected chi connectivity index (χ0v) is 12.4. The van der Waals surface area contributed by atoms with Crippen molar-refractivity contribution >= 4 is 16.9 Å². The molecule has 0 aliphatic heterocycles. The number of anilines is 1. The molecule has 3 aromatic rings. The van der Waals surface area contributed by atoms with Gasteiger partial charge in [-0.25, -0.2) is 9.67 Å². The summed E-state index contributed by atoms with van der Waals surface area (Å²) in [6.45, 7) is 3.08. The van der Waals surface area contributed by atoms with E-state index in [1.54, 1.807) is 12.4 Å². The second kappa shape index (κ2) is 5.91. The highest BCUT2D eigenvalue weighted by Gasteiger charge is 2.11. The highest BCUT2D eigenvalue weighted by Crippen LogP contribution is 2.27. The van der Waals surface area contributed by atoms with Crippen molar-refractivity contribution in [1.82, 2.24) is 19.7 Å². The van der Waals surface area contributed by atoms with Crippen LogP contribution < -0.4 is 5.32 Å². The number of rotatable bonds is 5. The molecule has 0 spiro atoms. The molecule has 0 bridgehead atoms. The van der Waals surface area contributed by atoms with Gasteiger partial charge in [-0.1, -0.05) is 13.3 Å². The summed E-state index contributed by atoms with van der Waals surface area (Å²) in [4.78, 5) is 8.67. The standard InChI is InChI=1S/C16H19N5/c1-3-4-9-21-16-14(15(17-2)20-21)10-13(11-19-16)12-5-7-18-8-6-12/h5-8,10-11H,3-4,9H2,1-2H3,(H,17,20). The van der Waals surface area contributed by atoms with E-state index < -0.39 is 0 Å². The molecule has 0 amide bonds. The Hall–Kier alpha value is -2.43. The van der Waals surface area contributed by atoms with Gasteiger partial charge in [0.05, 0.1) is 5.39 Å². The first-order chi connectivity index (χ1) is 10.3. The summed E-state index contributed by atoms with van der Waals surface area (Å²) >= 11 is 0. The molecule has 0 atom stereocenters. The van der Waals surface area contributed by atoms with Gasteiger partial charge in [-0.2, -0.15) is 5.10 Å². The van der Waals surface area contributed by atoms with Crippen LogP contribution in [0.1, 0.15) is 19.8 Å². The SMILES string of the molecule is CCCCn1nc(NC)c2cc(-c3ccncc3)cnc21. The summed E-state index contributed by atoms with van der Waals surface area (Å²) in [6, 6.07) is 6.12. The van der Waals surface area contributed by atoms with Crippen LogP contribution in [0.4, 0.5) is 5.82 Å². The highest BCUT2D eigenvalue weighted by atomic mass is 15.3. The predicted molar refractivity (Wildman–Crippen MR) is 85.2 cm³/mol. The van der Waals surface area contributed by atoms with Gasteiger partial charge in [0, 0.05) is 37.7 Å². The topological polar surface area (TPSA) is 55.6 Å². The molecule has 0 aromatic carbocycles. The Morgan fingerprint density at radius 3 is 2.71 bits per heavy atom. The number of pyridine rings is 2. The lowest BCUT2D eigenvalue weighted by atomic mass is 10.1. The summed E-state index contributed by atoms with van der Waals surface area (Å²) < 4.78 is 1.99. The Morgan fingerprint density at radius 2 is 2.00 bits per heavy atom. The first-order valence-corrected chi connectivity index (χ1v) is 7.28. The van der Waals surface area contributed by atoms with Crippen molar-refractivity contribution in [2.75, 3.05) is 12.4 Å². The van der Waals surface area contributed by atoms with Crippen molar-refractivity contribution in [2.24, 2.45) is 0 Å². The van der Waals surface area contributed by atoms with Crippen LogP contribution in [-0.4, -0.2) is 26.8 Å². The Bertz CT molecular complexity index is 733. The minimum absolute atomic E-state index is 0.879. The molecule has 3 aromatic heterocycles. The summed E-state index contributed by atoms with van der Waals surface area (Å²) in [6.07, 6.45) is 7.74. The van der Waals surface area contributed by atoms with Crippen LogP contribution in [0, 0.1) is 0 Å². The molecular formula is C16H19N5. The molecule has 108 valence electrons. The average Bonchev–Trinajstić information content (AvgIpc) is 2.91. The second-order valence-electron chi connectivity index (χ2n) is 5.01. The molecule has 0 radical (unpaired) electrons. The van der Waals surface area contributed by atoms with E-state index in [1.807, 2.05) is 30.1 Å². The van der Waals surface area contributed by atoms with Crippen LogP contribution in [0.15, 0.2) is 36.8 Å². The van der Waals surface area contributed by atoms with Gasteiger partial charge in [-0.15, -0.1) is 0 Å². The number of hydrogen-bond acceptors (Lipinski definition) is 4. The quantitative estimate of drug-likeness (QED) is 0.779. The fourth-order valence-corrected chi connectivity index (χ4v) is 2.41. The number of fused-ring (bicyclic) bond motifs is 1. The van der Waals surface area contributed by atoms with Gasteiger partial charge < -0.3 is 5.32 Å². The molecule has 0 aliphatic rings. The number of nitrogens with one attached hydrogen (secondary N) is 1. The zero-order valence-electron chi connectivity index (χ0n) is 12.4. The Kier molecular flexibility index (Phi) is 3.81. The van der Waals surface area contributed by atoms with Crippen molar-refractivity contribution in [1.29, 1.82) is 0 Å². The lowest BCUT2D eigenvalue weighted by molar-refractivity contribution is 0.586. The molecule has 0 saturated carbocycles. The number of aromatic nitrogens is 4. The van der Waals surface area contributed by atoms with E-state index in [0.717, 1.165) is 47.4 Å². The highest BCUT2D eigenvalue weighted by molar-refractivity contribution is 5.90. The molecule has 21 heavy (non-hydrogen) atoms. The van der Waals surface area contributed by atoms with E-state index >= 15 is 0 Å². The van der Waals surface area contributed by atoms with Gasteiger partial charge in [-0.05, 0) is 30.2 Å². The van der Waals surface area contributed by atoms with Gasteiger partial charge in [0.1, 0.15) is 0 Å². The average molecular weight is 281 g/mol. The Balaban J connectivity index is 2.08. The van der Waals surface area contributed by atoms with Crippen molar-refractivity contribution in [3.63, 3.8) is 0 Å². The Morgan fingerprint density at radius 1 is 1.19 bits per heavy atom. The predicted octanol–water partition coefficient (Wildman–Crippen LogP) is 3.34. The molecule has 5 heteroatoms. The zero-order chi connectivity index (χ0) is 14.7. The normalized spacial score (nSPS) is 11.0. The lowest BCUT2D eigenvalue weighted by Gasteiger charge is -2.03. The van der Waals surface area contributed by atoms with Crippen molar-refractivity contribution in [3.05, 3.63) is 36.8 Å². The third-order valence-electron chi connectivity index (χ3n) is 3.56. The number of unbranched alkanes of at least 4 members (excludes halogenated alkanes) is 1. The smallest absolute Gasteiger partial charge is 0.159 e. The van der Waals surface area contributed by atoms with Gasteiger partial charge in [0.15, 0.2) is 11.5 Å². The molecule has 5 nitrogen and oxygen atoms in total. The van der Waals surface area contributed by atoms with E-state index in [0.29, 0.717) is 0 Å². The van der Waals surface area contributed by atoms with Crippen LogP contribution in [0.5, 0.6) is 0 Å². The third-order valence-corrected chi connectivity index (χ3v) is 3.56. The molecular weight excluding hydrogens is 262 g/mol. The van der Waals surface area contributed by atoms with Crippen molar-refractivity contribution in [3.8, 4) is 11.1 Å². The summed E-state index contributed by atoms with van der Waals surface area (Å²) in [5.41, 5.74) is 3.13. The molecule has 0 unspecified atom stereocenters. The monoisotopic (exact) mass is 281 g/mol. The van der Waals surface area contributed by atoms with Gasteiger partial charge >= 0.3 is 0 Å². The van der Waals surface area contributed by atoms with Crippen LogP contribution >= 0.6 is 0 Å². The summed E-state index contributed by atoms with van der Waals surface area (Å²) in [7, 11) is 1.89. The third kappa shape index (κ3) is 2.59.